The molecule has 0 aliphatic heterocycles. The molecule has 3 rings (SSSR count). The number of nitrogens with zero attached hydrogens (tertiary/aromatic N) is 2. The van der Waals surface area contributed by atoms with Crippen molar-refractivity contribution in [1.29, 1.82) is 0 Å². The van der Waals surface area contributed by atoms with Gasteiger partial charge in [-0.2, -0.15) is 0 Å². The van der Waals surface area contributed by atoms with Gasteiger partial charge in [-0.1, -0.05) is 30.3 Å². The molecule has 2 aromatic carbocycles. The van der Waals surface area contributed by atoms with Gasteiger partial charge in [0.1, 0.15) is 0 Å². The summed E-state index contributed by atoms with van der Waals surface area (Å²) >= 11 is 0. The van der Waals surface area contributed by atoms with E-state index in [1.54, 1.807) is 36.4 Å². The molecule has 0 N–H and O–H groups in total. The summed E-state index contributed by atoms with van der Waals surface area (Å²) in [6.07, 6.45) is 0. The molecule has 7 heteroatoms. The molecule has 0 radical (unpaired) electrons. The first-order valence-corrected chi connectivity index (χ1v) is 6.43. The number of nitro groups is 1. The molecule has 0 aliphatic carbocycles. The molecule has 0 bridgehead atoms. The lowest BCUT2D eigenvalue weighted by molar-refractivity contribution is -0.385. The van der Waals surface area contributed by atoms with E-state index in [2.05, 4.69) is 4.42 Å². The molecule has 0 atom stereocenters. The van der Waals surface area contributed by atoms with Gasteiger partial charge in [0.25, 0.3) is 5.69 Å². The normalized spacial score (nSPS) is 10.7. The molecule has 3 aromatic rings. The molecule has 0 aliphatic rings. The summed E-state index contributed by atoms with van der Waals surface area (Å²) in [7, 11) is 0. The fraction of sp³-hybridized carbons (Fsp3) is 0.0667. The molecule has 0 saturated carbocycles. The van der Waals surface area contributed by atoms with Gasteiger partial charge in [-0.3, -0.25) is 14.7 Å². The van der Waals surface area contributed by atoms with Crippen molar-refractivity contribution in [2.24, 2.45) is 0 Å². The molecule has 22 heavy (non-hydrogen) atoms. The first kappa shape index (κ1) is 13.7. The SMILES string of the molecule is O=c1oc(=O)n(Cc2ccccc2[N+](=O)[O-])c2ccccc12. The van der Waals surface area contributed by atoms with E-state index in [0.717, 1.165) is 0 Å². The van der Waals surface area contributed by atoms with Gasteiger partial charge < -0.3 is 4.42 Å². The summed E-state index contributed by atoms with van der Waals surface area (Å²) < 4.78 is 5.88. The van der Waals surface area contributed by atoms with Gasteiger partial charge in [0, 0.05) is 11.6 Å². The number of hydrogen-bond donors (Lipinski definition) is 0. The number of nitro benzene ring substituents is 1. The third kappa shape index (κ3) is 2.28. The Morgan fingerprint density at radius 1 is 1.05 bits per heavy atom. The van der Waals surface area contributed by atoms with Crippen LogP contribution in [-0.2, 0) is 6.54 Å². The highest BCUT2D eigenvalue weighted by atomic mass is 16.6. The van der Waals surface area contributed by atoms with Gasteiger partial charge in [0.2, 0.25) is 0 Å². The van der Waals surface area contributed by atoms with Gasteiger partial charge in [0.15, 0.2) is 0 Å². The molecular weight excluding hydrogens is 288 g/mol. The van der Waals surface area contributed by atoms with Crippen LogP contribution in [0, 0.1) is 10.1 Å². The number of para-hydroxylation sites is 2. The second-order valence-corrected chi connectivity index (χ2v) is 4.64. The highest BCUT2D eigenvalue weighted by molar-refractivity contribution is 5.77. The zero-order valence-corrected chi connectivity index (χ0v) is 11.3. The zero-order chi connectivity index (χ0) is 15.7. The first-order valence-electron chi connectivity index (χ1n) is 6.43. The fourth-order valence-corrected chi connectivity index (χ4v) is 2.31. The summed E-state index contributed by atoms with van der Waals surface area (Å²) in [6.45, 7) is -0.0553. The minimum absolute atomic E-state index is 0.0553. The van der Waals surface area contributed by atoms with Crippen LogP contribution in [0.4, 0.5) is 5.69 Å². The third-order valence-corrected chi connectivity index (χ3v) is 3.33. The highest BCUT2D eigenvalue weighted by Crippen LogP contribution is 2.19. The van der Waals surface area contributed by atoms with Crippen LogP contribution in [0.1, 0.15) is 5.56 Å². The lowest BCUT2D eigenvalue weighted by atomic mass is 10.1. The van der Waals surface area contributed by atoms with Crippen LogP contribution in [0.15, 0.2) is 62.5 Å². The van der Waals surface area contributed by atoms with Crippen LogP contribution in [0.5, 0.6) is 0 Å². The zero-order valence-electron chi connectivity index (χ0n) is 11.3. The Balaban J connectivity index is 2.23. The molecule has 7 nitrogen and oxygen atoms in total. The van der Waals surface area contributed by atoms with E-state index in [1.807, 2.05) is 0 Å². The Morgan fingerprint density at radius 2 is 1.73 bits per heavy atom. The van der Waals surface area contributed by atoms with Crippen LogP contribution in [0.25, 0.3) is 10.9 Å². The van der Waals surface area contributed by atoms with Crippen LogP contribution in [-0.4, -0.2) is 9.49 Å². The number of benzene rings is 2. The molecule has 1 heterocycles. The maximum absolute atomic E-state index is 12.0. The monoisotopic (exact) mass is 298 g/mol. The van der Waals surface area contributed by atoms with Crippen LogP contribution < -0.4 is 11.4 Å². The van der Waals surface area contributed by atoms with Crippen molar-refractivity contribution in [2.45, 2.75) is 6.54 Å². The third-order valence-electron chi connectivity index (χ3n) is 3.33. The van der Waals surface area contributed by atoms with E-state index in [0.29, 0.717) is 11.1 Å². The van der Waals surface area contributed by atoms with Gasteiger partial charge in [-0.25, -0.2) is 9.59 Å². The molecule has 0 fully saturated rings. The lowest BCUT2D eigenvalue weighted by Crippen LogP contribution is -2.25. The quantitative estimate of drug-likeness (QED) is 0.543. The van der Waals surface area contributed by atoms with Crippen molar-refractivity contribution < 1.29 is 9.34 Å². The second-order valence-electron chi connectivity index (χ2n) is 4.64. The number of aromatic nitrogens is 1. The van der Waals surface area contributed by atoms with E-state index in [1.165, 1.54) is 16.7 Å². The van der Waals surface area contributed by atoms with E-state index >= 15 is 0 Å². The maximum atomic E-state index is 12.0. The highest BCUT2D eigenvalue weighted by Gasteiger charge is 2.16. The Bertz CT molecular complexity index is 987. The molecular formula is C15H10N2O5. The largest absolute Gasteiger partial charge is 0.422 e. The average Bonchev–Trinajstić information content (AvgIpc) is 2.51. The predicted molar refractivity (Wildman–Crippen MR) is 78.9 cm³/mol. The standard InChI is InChI=1S/C15H10N2O5/c18-14-11-6-2-4-8-13(11)16(15(19)22-14)9-10-5-1-3-7-12(10)17(20)21/h1-8H,9H2. The smallest absolute Gasteiger partial charge is 0.372 e. The van der Waals surface area contributed by atoms with Crippen LogP contribution >= 0.6 is 0 Å². The van der Waals surface area contributed by atoms with E-state index in [9.17, 15) is 19.7 Å². The Morgan fingerprint density at radius 3 is 2.50 bits per heavy atom. The minimum Gasteiger partial charge on any atom is -0.372 e. The summed E-state index contributed by atoms with van der Waals surface area (Å²) in [5.74, 6) is -0.846. The summed E-state index contributed by atoms with van der Waals surface area (Å²) in [5, 5.41) is 11.3. The Kier molecular flexibility index (Phi) is 3.30. The average molecular weight is 298 g/mol. The van der Waals surface area contributed by atoms with Gasteiger partial charge in [-0.05, 0) is 12.1 Å². The maximum Gasteiger partial charge on any atom is 0.422 e. The topological polar surface area (TPSA) is 95.3 Å². The van der Waals surface area contributed by atoms with Crippen molar-refractivity contribution in [2.75, 3.05) is 0 Å². The van der Waals surface area contributed by atoms with Gasteiger partial charge in [0.05, 0.1) is 22.4 Å². The predicted octanol–water partition coefficient (Wildman–Crippen LogP) is 1.91. The van der Waals surface area contributed by atoms with Crippen LogP contribution in [0.3, 0.4) is 0 Å². The van der Waals surface area contributed by atoms with E-state index in [4.69, 9.17) is 0 Å². The summed E-state index contributed by atoms with van der Waals surface area (Å²) in [5.41, 5.74) is -0.0837. The number of rotatable bonds is 3. The number of fused-ring (bicyclic) bond motifs is 1. The van der Waals surface area contributed by atoms with Crippen molar-refractivity contribution in [3.05, 3.63) is 85.2 Å². The molecule has 0 unspecified atom stereocenters. The molecule has 0 saturated heterocycles. The lowest BCUT2D eigenvalue weighted by Gasteiger charge is -2.08. The van der Waals surface area contributed by atoms with Crippen LogP contribution in [0.2, 0.25) is 0 Å². The summed E-state index contributed by atoms with van der Waals surface area (Å²) in [6, 6.07) is 12.6. The molecule has 0 spiro atoms. The number of hydrogen-bond acceptors (Lipinski definition) is 5. The van der Waals surface area contributed by atoms with Gasteiger partial charge in [-0.15, -0.1) is 0 Å². The molecule has 0 amide bonds. The first-order chi connectivity index (χ1) is 10.6. The van der Waals surface area contributed by atoms with Crippen molar-refractivity contribution in [3.8, 4) is 0 Å². The summed E-state index contributed by atoms with van der Waals surface area (Å²) in [4.78, 5) is 34.2. The van der Waals surface area contributed by atoms with E-state index < -0.39 is 16.3 Å². The molecule has 1 aromatic heterocycles. The van der Waals surface area contributed by atoms with Crippen molar-refractivity contribution in [1.82, 2.24) is 4.57 Å². The Hall–Kier alpha value is -3.22. The van der Waals surface area contributed by atoms with Gasteiger partial charge >= 0.3 is 11.4 Å². The van der Waals surface area contributed by atoms with E-state index in [-0.39, 0.29) is 17.6 Å². The molecule has 110 valence electrons. The minimum atomic E-state index is -0.846. The van der Waals surface area contributed by atoms with Crippen molar-refractivity contribution >= 4 is 16.6 Å². The van der Waals surface area contributed by atoms with Crippen molar-refractivity contribution in [3.63, 3.8) is 0 Å². The second kappa shape index (κ2) is 5.28. The fourth-order valence-electron chi connectivity index (χ4n) is 2.31. The Labute approximate surface area is 123 Å².